The molecule has 1 aliphatic rings. The lowest BCUT2D eigenvalue weighted by atomic mass is 9.93. The fraction of sp³-hybridized carbons (Fsp3) is 0.200. The first-order chi connectivity index (χ1) is 9.93. The van der Waals surface area contributed by atoms with Gasteiger partial charge in [-0.1, -0.05) is 12.1 Å². The van der Waals surface area contributed by atoms with E-state index in [0.29, 0.717) is 0 Å². The number of halogens is 1. The van der Waals surface area contributed by atoms with Crippen molar-refractivity contribution in [2.45, 2.75) is 23.8 Å². The minimum Gasteiger partial charge on any atom is -0.378 e. The van der Waals surface area contributed by atoms with Crippen molar-refractivity contribution in [2.24, 2.45) is 5.14 Å². The van der Waals surface area contributed by atoms with Crippen molar-refractivity contribution >= 4 is 15.7 Å². The lowest BCUT2D eigenvalue weighted by Gasteiger charge is -2.27. The molecular formula is C15H15FN2O2S. The Morgan fingerprint density at radius 1 is 1.14 bits per heavy atom. The van der Waals surface area contributed by atoms with Gasteiger partial charge in [0.25, 0.3) is 0 Å². The molecule has 4 nitrogen and oxygen atoms in total. The van der Waals surface area contributed by atoms with Crippen LogP contribution in [0.2, 0.25) is 0 Å². The number of anilines is 1. The van der Waals surface area contributed by atoms with Crippen molar-refractivity contribution < 1.29 is 12.8 Å². The zero-order chi connectivity index (χ0) is 15.0. The number of hydrogen-bond acceptors (Lipinski definition) is 3. The Bertz CT molecular complexity index is 773. The van der Waals surface area contributed by atoms with E-state index in [1.807, 2.05) is 0 Å². The van der Waals surface area contributed by atoms with Crippen LogP contribution in [0.25, 0.3) is 0 Å². The number of rotatable bonds is 2. The highest BCUT2D eigenvalue weighted by atomic mass is 32.2. The van der Waals surface area contributed by atoms with Crippen molar-refractivity contribution in [3.8, 4) is 0 Å². The van der Waals surface area contributed by atoms with Crippen molar-refractivity contribution in [3.05, 3.63) is 59.4 Å². The van der Waals surface area contributed by atoms with Gasteiger partial charge in [0.2, 0.25) is 10.0 Å². The molecule has 1 unspecified atom stereocenters. The molecule has 1 aliphatic heterocycles. The second-order valence-corrected chi connectivity index (χ2v) is 6.71. The maximum atomic E-state index is 13.2. The summed E-state index contributed by atoms with van der Waals surface area (Å²) in [6.07, 6.45) is 1.60. The Balaban J connectivity index is 1.84. The van der Waals surface area contributed by atoms with Crippen LogP contribution in [0.4, 0.5) is 10.1 Å². The molecule has 1 heterocycles. The van der Waals surface area contributed by atoms with Crippen molar-refractivity contribution in [2.75, 3.05) is 5.32 Å². The van der Waals surface area contributed by atoms with Gasteiger partial charge >= 0.3 is 0 Å². The summed E-state index contributed by atoms with van der Waals surface area (Å²) in [5.74, 6) is -0.230. The van der Waals surface area contributed by atoms with E-state index >= 15 is 0 Å². The summed E-state index contributed by atoms with van der Waals surface area (Å²) in [7, 11) is -3.67. The quantitative estimate of drug-likeness (QED) is 0.895. The van der Waals surface area contributed by atoms with Gasteiger partial charge < -0.3 is 5.32 Å². The van der Waals surface area contributed by atoms with Gasteiger partial charge in [0, 0.05) is 5.69 Å². The van der Waals surface area contributed by atoms with Gasteiger partial charge in [-0.2, -0.15) is 0 Å². The summed E-state index contributed by atoms with van der Waals surface area (Å²) in [6, 6.07) is 11.3. The fourth-order valence-electron chi connectivity index (χ4n) is 2.61. The topological polar surface area (TPSA) is 72.2 Å². The van der Waals surface area contributed by atoms with Crippen LogP contribution < -0.4 is 10.5 Å². The molecule has 110 valence electrons. The highest BCUT2D eigenvalue weighted by Gasteiger charge is 2.20. The molecule has 1 atom stereocenters. The van der Waals surface area contributed by atoms with Crippen LogP contribution in [0, 0.1) is 5.82 Å². The van der Waals surface area contributed by atoms with E-state index in [9.17, 15) is 12.8 Å². The maximum Gasteiger partial charge on any atom is 0.238 e. The molecular weight excluding hydrogens is 291 g/mol. The smallest absolute Gasteiger partial charge is 0.238 e. The van der Waals surface area contributed by atoms with Crippen LogP contribution in [-0.2, 0) is 16.4 Å². The molecule has 0 saturated heterocycles. The second-order valence-electron chi connectivity index (χ2n) is 5.15. The first kappa shape index (κ1) is 14.0. The van der Waals surface area contributed by atoms with Crippen LogP contribution in [0.3, 0.4) is 0 Å². The van der Waals surface area contributed by atoms with Crippen LogP contribution >= 0.6 is 0 Å². The molecule has 0 aliphatic carbocycles. The third-order valence-electron chi connectivity index (χ3n) is 3.71. The average Bonchev–Trinajstić information content (AvgIpc) is 2.46. The van der Waals surface area contributed by atoms with Gasteiger partial charge in [0.05, 0.1) is 10.9 Å². The first-order valence-corrected chi connectivity index (χ1v) is 8.16. The number of benzene rings is 2. The number of primary sulfonamides is 1. The van der Waals surface area contributed by atoms with E-state index in [1.54, 1.807) is 24.3 Å². The predicted octanol–water partition coefficient (Wildman–Crippen LogP) is 2.57. The largest absolute Gasteiger partial charge is 0.378 e. The number of fused-ring (bicyclic) bond motifs is 1. The van der Waals surface area contributed by atoms with Crippen LogP contribution in [0.5, 0.6) is 0 Å². The lowest BCUT2D eigenvalue weighted by Crippen LogP contribution is -2.18. The number of sulfonamides is 1. The molecule has 2 aromatic carbocycles. The Kier molecular flexibility index (Phi) is 3.43. The summed E-state index contributed by atoms with van der Waals surface area (Å²) >= 11 is 0. The monoisotopic (exact) mass is 306 g/mol. The zero-order valence-electron chi connectivity index (χ0n) is 11.2. The standard InChI is InChI=1S/C15H15FN2O2S/c16-12-4-8-15-11(9-12)3-7-14(18-15)10-1-5-13(6-2-10)21(17,19)20/h1-2,4-6,8-9,14,18H,3,7H2,(H2,17,19,20). The van der Waals surface area contributed by atoms with E-state index in [1.165, 1.54) is 18.2 Å². The Labute approximate surface area is 122 Å². The number of hydrogen-bond donors (Lipinski definition) is 2. The molecule has 6 heteroatoms. The van der Waals surface area contributed by atoms with Gasteiger partial charge in [-0.3, -0.25) is 0 Å². The third-order valence-corrected chi connectivity index (χ3v) is 4.64. The Morgan fingerprint density at radius 3 is 2.52 bits per heavy atom. The van der Waals surface area contributed by atoms with Crippen LogP contribution in [0.15, 0.2) is 47.4 Å². The van der Waals surface area contributed by atoms with E-state index in [-0.39, 0.29) is 16.8 Å². The van der Waals surface area contributed by atoms with E-state index in [0.717, 1.165) is 29.7 Å². The third kappa shape index (κ3) is 2.91. The molecule has 0 bridgehead atoms. The number of nitrogens with two attached hydrogens (primary N) is 1. The van der Waals surface area contributed by atoms with Gasteiger partial charge in [-0.05, 0) is 54.3 Å². The molecule has 0 amide bonds. The molecule has 0 aromatic heterocycles. The number of nitrogens with one attached hydrogen (secondary N) is 1. The van der Waals surface area contributed by atoms with Crippen molar-refractivity contribution in [3.63, 3.8) is 0 Å². The molecule has 0 spiro atoms. The average molecular weight is 306 g/mol. The molecule has 3 N–H and O–H groups in total. The van der Waals surface area contributed by atoms with E-state index in [4.69, 9.17) is 5.14 Å². The predicted molar refractivity (Wildman–Crippen MR) is 78.9 cm³/mol. The van der Waals surface area contributed by atoms with Gasteiger partial charge in [-0.15, -0.1) is 0 Å². The molecule has 0 radical (unpaired) electrons. The second kappa shape index (κ2) is 5.13. The molecule has 21 heavy (non-hydrogen) atoms. The maximum absolute atomic E-state index is 13.2. The van der Waals surface area contributed by atoms with Crippen molar-refractivity contribution in [1.82, 2.24) is 0 Å². The fourth-order valence-corrected chi connectivity index (χ4v) is 3.12. The highest BCUT2D eigenvalue weighted by molar-refractivity contribution is 7.89. The van der Waals surface area contributed by atoms with E-state index in [2.05, 4.69) is 5.32 Å². The van der Waals surface area contributed by atoms with Crippen LogP contribution in [-0.4, -0.2) is 8.42 Å². The highest BCUT2D eigenvalue weighted by Crippen LogP contribution is 2.33. The minimum atomic E-state index is -3.67. The molecule has 2 aromatic rings. The van der Waals surface area contributed by atoms with Gasteiger partial charge in [0.15, 0.2) is 0 Å². The van der Waals surface area contributed by atoms with E-state index < -0.39 is 10.0 Å². The Hall–Kier alpha value is -1.92. The summed E-state index contributed by atoms with van der Waals surface area (Å²) in [5, 5.41) is 8.44. The van der Waals surface area contributed by atoms with Crippen LogP contribution in [0.1, 0.15) is 23.6 Å². The molecule has 3 rings (SSSR count). The minimum absolute atomic E-state index is 0.0810. The zero-order valence-corrected chi connectivity index (χ0v) is 12.0. The summed E-state index contributed by atoms with van der Waals surface area (Å²) in [6.45, 7) is 0. The first-order valence-electron chi connectivity index (χ1n) is 6.61. The SMILES string of the molecule is NS(=O)(=O)c1ccc(C2CCc3cc(F)ccc3N2)cc1. The molecule has 0 fully saturated rings. The normalized spacial score (nSPS) is 17.9. The Morgan fingerprint density at radius 2 is 1.86 bits per heavy atom. The summed E-state index contributed by atoms with van der Waals surface area (Å²) in [5.41, 5.74) is 2.87. The molecule has 0 saturated carbocycles. The summed E-state index contributed by atoms with van der Waals surface area (Å²) < 4.78 is 35.7. The van der Waals surface area contributed by atoms with Crippen molar-refractivity contribution in [1.29, 1.82) is 0 Å². The number of aryl methyl sites for hydroxylation is 1. The van der Waals surface area contributed by atoms with Gasteiger partial charge in [-0.25, -0.2) is 17.9 Å². The summed E-state index contributed by atoms with van der Waals surface area (Å²) in [4.78, 5) is 0.101. The lowest BCUT2D eigenvalue weighted by molar-refractivity contribution is 0.597. The van der Waals surface area contributed by atoms with Gasteiger partial charge in [0.1, 0.15) is 5.82 Å².